The van der Waals surface area contributed by atoms with Gasteiger partial charge in [-0.15, -0.1) is 0 Å². The largest absolute Gasteiger partial charge is 0.494 e. The van der Waals surface area contributed by atoms with E-state index in [1.165, 1.54) is 36.4 Å². The number of ether oxygens (including phenoxy) is 7. The molecule has 12 aliphatic heterocycles. The maximum atomic E-state index is 12.9. The molecule has 12 N–H and O–H groups in total. The van der Waals surface area contributed by atoms with E-state index in [1.807, 2.05) is 189 Å². The van der Waals surface area contributed by atoms with E-state index in [1.54, 1.807) is 36.4 Å². The summed E-state index contributed by atoms with van der Waals surface area (Å²) in [5, 5.41) is 38.0. The summed E-state index contributed by atoms with van der Waals surface area (Å²) in [6.07, 6.45) is -1.78. The Balaban J connectivity index is 0.000000114. The monoisotopic (exact) mass is 2050 g/mol. The highest BCUT2D eigenvalue weighted by atomic mass is 79.9. The molecule has 11 aromatic rings. The number of carbonyl (C=O) groups is 6. The number of nitrogens with one attached hydrogen (secondary N) is 12. The van der Waals surface area contributed by atoms with Crippen molar-refractivity contribution in [2.24, 2.45) is 0 Å². The second-order valence-electron chi connectivity index (χ2n) is 37.5. The molecule has 12 heterocycles. The molecule has 0 saturated carbocycles. The second kappa shape index (κ2) is 46.5. The maximum absolute atomic E-state index is 12.9. The quantitative estimate of drug-likeness (QED) is 0.0265. The highest BCUT2D eigenvalue weighted by Crippen LogP contribution is 2.44. The third kappa shape index (κ3) is 26.6. The molecule has 12 aliphatic rings. The van der Waals surface area contributed by atoms with Crippen LogP contribution in [0.15, 0.2) is 271 Å². The summed E-state index contributed by atoms with van der Waals surface area (Å²) in [5.41, 5.74) is 13.0. The lowest BCUT2D eigenvalue weighted by molar-refractivity contribution is -0.142. The van der Waals surface area contributed by atoms with Crippen LogP contribution in [0, 0.1) is 5.82 Å². The van der Waals surface area contributed by atoms with Gasteiger partial charge in [0.2, 0.25) is 5.91 Å². The average Bonchev–Trinajstić information content (AvgIpc) is 1.67. The lowest BCUT2D eigenvalue weighted by atomic mass is 10.0. The highest BCUT2D eigenvalue weighted by Gasteiger charge is 2.47. The van der Waals surface area contributed by atoms with E-state index < -0.39 is 36.7 Å². The van der Waals surface area contributed by atoms with Crippen molar-refractivity contribution in [3.63, 3.8) is 0 Å². The molecule has 0 aliphatic carbocycles. The predicted molar refractivity (Wildman–Crippen MR) is 534 cm³/mol. The lowest BCUT2D eigenvalue weighted by Gasteiger charge is -2.23. The number of benzene rings is 11. The fraction of sp³-hybridized carbons (Fsp3) is 0.345. The van der Waals surface area contributed by atoms with E-state index >= 15 is 0 Å². The van der Waals surface area contributed by atoms with Crippen LogP contribution in [0.2, 0.25) is 5.02 Å². The van der Waals surface area contributed by atoms with E-state index in [0.717, 1.165) is 150 Å². The van der Waals surface area contributed by atoms with Crippen LogP contribution in [-0.2, 0) is 52.5 Å². The topological polar surface area (TPSA) is 311 Å². The SMILES string of the molecule is CCOc1ccc(NC(=O)c2ccc([C@@H]3O[C@H]4CN[C@@H]3C4)cc2)cc1.O=C(CCC(F)(F)F)Nc1ccc([C@H]2O[C@@H]3CN[C@H]2C3)cc1.O=C(NCc1ccc(C(F)(F)F)cc1)c1ccc([C@@H]2O[C@H]3CN[C@@H]2C3)cc1.O=C(NCc1ccc(Cl)cc1)c1ccc([C@H]2O[C@@H]3CN[C@H]2C3)cc1.O=C(Nc1ccc(Br)cc1)c1ccc([C@@H]2O[C@H]3CN[C@@H]2C3)cc1.O=C(Nc1ccc(F)cc1)c1ccc([C@@H]2O[C@H]3CN[C@@H]2C3)cc1. The summed E-state index contributed by atoms with van der Waals surface area (Å²) in [4.78, 5) is 72.9. The van der Waals surface area contributed by atoms with Gasteiger partial charge in [0.05, 0.1) is 91.8 Å². The summed E-state index contributed by atoms with van der Waals surface area (Å²) in [6, 6.07) is 79.9. The van der Waals surface area contributed by atoms with Crippen molar-refractivity contribution in [3.8, 4) is 5.75 Å². The van der Waals surface area contributed by atoms with Crippen molar-refractivity contribution in [2.75, 3.05) is 67.1 Å². The van der Waals surface area contributed by atoms with Gasteiger partial charge in [0.25, 0.3) is 29.5 Å². The normalized spacial score (nSPS) is 25.2. The van der Waals surface area contributed by atoms with Gasteiger partial charge in [-0.05, 0) is 260 Å². The van der Waals surface area contributed by atoms with Gasteiger partial charge in [0, 0.05) is 155 Å². The van der Waals surface area contributed by atoms with Crippen molar-refractivity contribution in [2.45, 2.75) is 193 Å². The molecule has 0 aromatic heterocycles. The van der Waals surface area contributed by atoms with Gasteiger partial charge in [0.1, 0.15) is 11.6 Å². The summed E-state index contributed by atoms with van der Waals surface area (Å²) in [5.74, 6) is -0.959. The van der Waals surface area contributed by atoms with Crippen molar-refractivity contribution >= 4 is 85.7 Å². The fourth-order valence-electron chi connectivity index (χ4n) is 19.9. The third-order valence-electron chi connectivity index (χ3n) is 27.4. The number of alkyl halides is 6. The molecule has 0 radical (unpaired) electrons. The molecule has 752 valence electrons. The summed E-state index contributed by atoms with van der Waals surface area (Å²) >= 11 is 9.24. The van der Waals surface area contributed by atoms with Crippen molar-refractivity contribution in [3.05, 3.63) is 360 Å². The molecule has 12 saturated heterocycles. The van der Waals surface area contributed by atoms with Crippen LogP contribution >= 0.6 is 27.5 Å². The fourth-order valence-corrected chi connectivity index (χ4v) is 20.3. The molecule has 12 bridgehead atoms. The van der Waals surface area contributed by atoms with Gasteiger partial charge in [0.15, 0.2) is 0 Å². The number of hydrogen-bond acceptors (Lipinski definition) is 19. The summed E-state index contributed by atoms with van der Waals surface area (Å²) in [7, 11) is 0. The average molecular weight is 2060 g/mol. The van der Waals surface area contributed by atoms with Gasteiger partial charge >= 0.3 is 12.4 Å². The molecule has 11 aromatic carbocycles. The Bertz CT molecular complexity index is 6100. The van der Waals surface area contributed by atoms with Crippen molar-refractivity contribution < 1.29 is 92.7 Å². The summed E-state index contributed by atoms with van der Waals surface area (Å²) < 4.78 is 129. The molecule has 25 nitrogen and oxygen atoms in total. The van der Waals surface area contributed by atoms with Gasteiger partial charge in [-0.2, -0.15) is 26.3 Å². The zero-order valence-corrected chi connectivity index (χ0v) is 80.9. The number of anilines is 4. The van der Waals surface area contributed by atoms with Crippen molar-refractivity contribution in [1.29, 1.82) is 0 Å². The Morgan fingerprint density at radius 3 is 0.882 bits per heavy atom. The Hall–Kier alpha value is -12.2. The molecule has 6 amide bonds. The molecule has 23 rings (SSSR count). The first-order chi connectivity index (χ1) is 69.6. The van der Waals surface area contributed by atoms with Gasteiger partial charge < -0.3 is 97.0 Å². The van der Waals surface area contributed by atoms with Crippen molar-refractivity contribution in [1.82, 2.24) is 42.5 Å². The predicted octanol–water partition coefficient (Wildman–Crippen LogP) is 18.8. The number of rotatable bonds is 23. The van der Waals surface area contributed by atoms with Crippen LogP contribution in [0.3, 0.4) is 0 Å². The molecule has 0 spiro atoms. The molecule has 144 heavy (non-hydrogen) atoms. The Kier molecular flexibility index (Phi) is 32.9. The van der Waals surface area contributed by atoms with Crippen LogP contribution in [0.4, 0.5) is 53.5 Å². The van der Waals surface area contributed by atoms with Crippen LogP contribution in [0.25, 0.3) is 0 Å². The highest BCUT2D eigenvalue weighted by molar-refractivity contribution is 9.10. The molecule has 18 atom stereocenters. The standard InChI is InChI=1S/C20H19F3N2O2.C20H22N2O3.C19H19ClN2O2.C18H17BrN2O2.C18H17FN2O2.C15H17F3N2O2/c21-20(22,23)15-7-1-12(2-8-15)10-25-19(26)14-5-3-13(4-6-14)18-17-9-16(27-18)11-24-17;1-2-24-16-9-7-15(8-10-16)22-20(23)14-5-3-13(4-6-14)19-18-11-17(25-19)12-21-18;20-15-7-1-12(2-8-15)10-22-19(23)14-5-3-13(4-6-14)18-17-9-16(24-18)11-21-17;2*19-13-5-7-14(8-6-13)21-18(22)12-3-1-11(2-4-12)17-16-9-15(23-17)10-20-16;16-15(17,18)6-5-13(21)20-10-3-1-9(2-4-10)14-12-7-11(22-14)8-19-12/h1-8,16-18,24H,9-11H2,(H,25,26);3-10,17-19,21H,2,11-12H2,1H3,(H,22,23);1-8,16-18,21H,9-11H2,(H,22,23);2*1-8,15-17,20H,9-10H2,(H,21,22);1-4,11-12,14,19H,5-8H2,(H,20,21)/t16-,17-,18+;17-,18-,19+;16-,17-,18+;2*15-,16-,17+;11-,12-,14+/m110110/s1. The van der Waals surface area contributed by atoms with E-state index in [-0.39, 0.29) is 90.7 Å². The Labute approximate surface area is 842 Å². The summed E-state index contributed by atoms with van der Waals surface area (Å²) in [6.45, 7) is 8.77. The lowest BCUT2D eigenvalue weighted by Crippen LogP contribution is -2.34. The minimum Gasteiger partial charge on any atom is -0.494 e. The number of amides is 6. The third-order valence-corrected chi connectivity index (χ3v) is 28.1. The van der Waals surface area contributed by atoms with Crippen LogP contribution in [0.1, 0.15) is 197 Å². The van der Waals surface area contributed by atoms with E-state index in [4.69, 9.17) is 44.8 Å². The zero-order valence-electron chi connectivity index (χ0n) is 78.5. The van der Waals surface area contributed by atoms with Gasteiger partial charge in [-0.1, -0.05) is 125 Å². The minimum absolute atomic E-state index is 0.00808. The molecule has 34 heteroatoms. The molecular weight excluding hydrogens is 1950 g/mol. The Morgan fingerprint density at radius 2 is 0.611 bits per heavy atom. The molecule has 0 unspecified atom stereocenters. The smallest absolute Gasteiger partial charge is 0.416 e. The number of carbonyl (C=O) groups excluding carboxylic acids is 6. The first-order valence-electron chi connectivity index (χ1n) is 48.5. The van der Waals surface area contributed by atoms with E-state index in [2.05, 4.69) is 79.7 Å². The van der Waals surface area contributed by atoms with Crippen LogP contribution in [-0.4, -0.2) is 160 Å². The first kappa shape index (κ1) is 102. The first-order valence-corrected chi connectivity index (χ1v) is 49.7. The number of fused-ring (bicyclic) bond motifs is 12. The Morgan fingerprint density at radius 1 is 0.347 bits per heavy atom. The number of halogens is 9. The second-order valence-corrected chi connectivity index (χ2v) is 38.8. The van der Waals surface area contributed by atoms with Gasteiger partial charge in [-0.25, -0.2) is 4.39 Å². The van der Waals surface area contributed by atoms with Crippen LogP contribution in [0.5, 0.6) is 5.75 Å². The van der Waals surface area contributed by atoms with E-state index in [9.17, 15) is 59.5 Å². The molecule has 12 fully saturated rings. The van der Waals surface area contributed by atoms with Gasteiger partial charge in [-0.3, -0.25) is 28.8 Å². The molecular formula is C110H111BrClF7N12O13. The number of morpholine rings is 6. The zero-order chi connectivity index (χ0) is 100. The number of hydrogen-bond donors (Lipinski definition) is 12. The van der Waals surface area contributed by atoms with Crippen LogP contribution < -0.4 is 68.5 Å². The maximum Gasteiger partial charge on any atom is 0.416 e. The van der Waals surface area contributed by atoms with E-state index in [0.29, 0.717) is 124 Å². The minimum atomic E-state index is -4.36.